The van der Waals surface area contributed by atoms with Crippen molar-refractivity contribution in [1.29, 1.82) is 0 Å². The summed E-state index contributed by atoms with van der Waals surface area (Å²) in [5.41, 5.74) is 0.713. The van der Waals surface area contributed by atoms with E-state index in [0.717, 1.165) is 4.68 Å². The Bertz CT molecular complexity index is 1360. The molecule has 2 heterocycles. The van der Waals surface area contributed by atoms with Crippen LogP contribution in [0, 0.1) is 15.9 Å². The minimum atomic E-state index is -0.948. The number of nitro benzene ring substituents is 1. The summed E-state index contributed by atoms with van der Waals surface area (Å²) in [4.78, 5) is 34.4. The zero-order chi connectivity index (χ0) is 23.5. The van der Waals surface area contributed by atoms with E-state index in [-0.39, 0.29) is 23.4 Å². The fraction of sp³-hybridized carbons (Fsp3) is 0.150. The molecule has 0 bridgehead atoms. The van der Waals surface area contributed by atoms with Gasteiger partial charge in [0.15, 0.2) is 6.10 Å². The first-order valence-corrected chi connectivity index (χ1v) is 9.42. The van der Waals surface area contributed by atoms with Gasteiger partial charge in [-0.1, -0.05) is 0 Å². The summed E-state index contributed by atoms with van der Waals surface area (Å²) in [7, 11) is 0. The summed E-state index contributed by atoms with van der Waals surface area (Å²) in [6, 6.07) is 10.6. The fourth-order valence-corrected chi connectivity index (χ4v) is 2.76. The number of rotatable bonds is 7. The zero-order valence-electron chi connectivity index (χ0n) is 16.9. The molecular weight excluding hydrogens is 441 g/mol. The molecule has 0 saturated heterocycles. The Labute approximate surface area is 183 Å². The van der Waals surface area contributed by atoms with Gasteiger partial charge in [0.25, 0.3) is 11.6 Å². The van der Waals surface area contributed by atoms with Crippen LogP contribution in [-0.2, 0) is 16.1 Å². The number of hydrogen-bond donors (Lipinski definition) is 0. The van der Waals surface area contributed by atoms with Gasteiger partial charge >= 0.3 is 11.7 Å². The van der Waals surface area contributed by atoms with Crippen LogP contribution in [0.15, 0.2) is 62.2 Å². The number of aromatic nitrogens is 4. The predicted octanol–water partition coefficient (Wildman–Crippen LogP) is 2.91. The number of nitrogens with zero attached hydrogens (tertiary/aromatic N) is 5. The maximum absolute atomic E-state index is 13.0. The van der Waals surface area contributed by atoms with Crippen molar-refractivity contribution in [3.63, 3.8) is 0 Å². The Morgan fingerprint density at radius 2 is 1.73 bits per heavy atom. The largest absolute Gasteiger partial charge is 0.451 e. The van der Waals surface area contributed by atoms with Gasteiger partial charge in [-0.25, -0.2) is 9.18 Å². The van der Waals surface area contributed by atoms with Crippen molar-refractivity contribution < 1.29 is 27.7 Å². The number of non-ortho nitro benzene ring substituents is 1. The third-order valence-corrected chi connectivity index (χ3v) is 4.40. The Morgan fingerprint density at radius 3 is 2.39 bits per heavy atom. The average molecular weight is 455 g/mol. The lowest BCUT2D eigenvalue weighted by Crippen LogP contribution is -2.23. The summed E-state index contributed by atoms with van der Waals surface area (Å²) in [6.45, 7) is 0.942. The van der Waals surface area contributed by atoms with Crippen LogP contribution >= 0.6 is 0 Å². The van der Waals surface area contributed by atoms with Gasteiger partial charge in [-0.2, -0.15) is 4.68 Å². The zero-order valence-corrected chi connectivity index (χ0v) is 16.9. The van der Waals surface area contributed by atoms with Gasteiger partial charge in [0.2, 0.25) is 11.8 Å². The van der Waals surface area contributed by atoms with Crippen molar-refractivity contribution in [2.75, 3.05) is 0 Å². The molecule has 0 aliphatic heterocycles. The van der Waals surface area contributed by atoms with Gasteiger partial charge in [0, 0.05) is 23.3 Å². The van der Waals surface area contributed by atoms with Gasteiger partial charge < -0.3 is 13.6 Å². The first-order valence-electron chi connectivity index (χ1n) is 9.42. The summed E-state index contributed by atoms with van der Waals surface area (Å²) >= 11 is 0. The maximum atomic E-state index is 13.0. The monoisotopic (exact) mass is 455 g/mol. The van der Waals surface area contributed by atoms with Crippen LogP contribution in [0.4, 0.5) is 10.1 Å². The van der Waals surface area contributed by atoms with Crippen molar-refractivity contribution in [3.8, 4) is 22.9 Å². The molecule has 4 rings (SSSR count). The van der Waals surface area contributed by atoms with Crippen molar-refractivity contribution in [2.45, 2.75) is 19.6 Å². The van der Waals surface area contributed by atoms with Gasteiger partial charge in [-0.3, -0.25) is 14.9 Å². The van der Waals surface area contributed by atoms with Gasteiger partial charge in [0.05, 0.1) is 4.92 Å². The first-order chi connectivity index (χ1) is 15.8. The predicted molar refractivity (Wildman–Crippen MR) is 107 cm³/mol. The fourth-order valence-electron chi connectivity index (χ4n) is 2.76. The Kier molecular flexibility index (Phi) is 5.76. The first kappa shape index (κ1) is 21.5. The number of carbonyl (C=O) groups excluding carboxylic acids is 1. The Morgan fingerprint density at radius 1 is 1.09 bits per heavy atom. The van der Waals surface area contributed by atoms with Crippen LogP contribution in [-0.4, -0.2) is 30.9 Å². The molecule has 13 heteroatoms. The van der Waals surface area contributed by atoms with E-state index in [1.54, 1.807) is 0 Å². The summed E-state index contributed by atoms with van der Waals surface area (Å²) < 4.78 is 29.5. The van der Waals surface area contributed by atoms with Gasteiger partial charge in [-0.15, -0.1) is 15.3 Å². The SMILES string of the molecule is CC(OC(=O)Cn1nc(-c2ccc(F)cc2)oc1=O)c1nnc(-c2ccc([N+](=O)[O-])cc2)o1. The van der Waals surface area contributed by atoms with Crippen LogP contribution < -0.4 is 5.76 Å². The molecule has 0 aliphatic carbocycles. The molecule has 0 aliphatic rings. The van der Waals surface area contributed by atoms with Crippen LogP contribution in [0.2, 0.25) is 0 Å². The minimum absolute atomic E-state index is 0.0174. The molecule has 12 nitrogen and oxygen atoms in total. The van der Waals surface area contributed by atoms with E-state index >= 15 is 0 Å². The molecule has 2 aromatic heterocycles. The van der Waals surface area contributed by atoms with Crippen LogP contribution in [0.5, 0.6) is 0 Å². The van der Waals surface area contributed by atoms with E-state index < -0.39 is 35.1 Å². The topological polar surface area (TPSA) is 156 Å². The third-order valence-electron chi connectivity index (χ3n) is 4.40. The number of nitro groups is 1. The molecule has 0 saturated carbocycles. The quantitative estimate of drug-likeness (QED) is 0.230. The smallest absolute Gasteiger partial charge is 0.437 e. The van der Waals surface area contributed by atoms with Gasteiger partial charge in [0.1, 0.15) is 12.4 Å². The molecular formula is C20H14FN5O7. The second-order valence-corrected chi connectivity index (χ2v) is 6.72. The lowest BCUT2D eigenvalue weighted by molar-refractivity contribution is -0.384. The number of esters is 1. The standard InChI is InChI=1S/C20H14FN5O7/c1-11(17-22-23-18(32-17)12-4-8-15(9-5-12)26(29)30)31-16(27)10-25-20(28)33-19(24-25)13-2-6-14(21)7-3-13/h2-9,11H,10H2,1H3. The second-order valence-electron chi connectivity index (χ2n) is 6.72. The van der Waals surface area contributed by atoms with E-state index in [0.29, 0.717) is 11.1 Å². The van der Waals surface area contributed by atoms with Crippen LogP contribution in [0.25, 0.3) is 22.9 Å². The van der Waals surface area contributed by atoms with E-state index in [1.165, 1.54) is 55.5 Å². The van der Waals surface area contributed by atoms with Crippen LogP contribution in [0.3, 0.4) is 0 Å². The van der Waals surface area contributed by atoms with E-state index in [4.69, 9.17) is 13.6 Å². The van der Waals surface area contributed by atoms with Crippen molar-refractivity contribution >= 4 is 11.7 Å². The number of halogens is 1. The Balaban J connectivity index is 1.41. The lowest BCUT2D eigenvalue weighted by Gasteiger charge is -2.08. The third kappa shape index (κ3) is 4.81. The molecule has 2 aromatic carbocycles. The highest BCUT2D eigenvalue weighted by molar-refractivity contribution is 5.69. The summed E-state index contributed by atoms with van der Waals surface area (Å²) in [5.74, 6) is -2.19. The van der Waals surface area contributed by atoms with Crippen molar-refractivity contribution in [1.82, 2.24) is 20.0 Å². The van der Waals surface area contributed by atoms with E-state index in [9.17, 15) is 24.1 Å². The highest BCUT2D eigenvalue weighted by Gasteiger charge is 2.21. The minimum Gasteiger partial charge on any atom is -0.451 e. The molecule has 168 valence electrons. The number of carbonyl (C=O) groups is 1. The van der Waals surface area contributed by atoms with Crippen LogP contribution in [0.1, 0.15) is 18.9 Å². The molecule has 4 aromatic rings. The molecule has 0 fully saturated rings. The molecule has 0 spiro atoms. The number of benzene rings is 2. The van der Waals surface area contributed by atoms with E-state index in [1.807, 2.05) is 0 Å². The lowest BCUT2D eigenvalue weighted by atomic mass is 10.2. The molecule has 1 atom stereocenters. The van der Waals surface area contributed by atoms with Crippen molar-refractivity contribution in [2.24, 2.45) is 0 Å². The summed E-state index contributed by atoms with van der Waals surface area (Å²) in [6.07, 6.45) is -0.948. The molecule has 0 amide bonds. The highest BCUT2D eigenvalue weighted by Crippen LogP contribution is 2.24. The second kappa shape index (κ2) is 8.82. The molecule has 33 heavy (non-hydrogen) atoms. The maximum Gasteiger partial charge on any atom is 0.437 e. The molecule has 1 unspecified atom stereocenters. The number of hydrogen-bond acceptors (Lipinski definition) is 10. The molecule has 0 radical (unpaired) electrons. The average Bonchev–Trinajstić information content (AvgIpc) is 3.42. The normalized spacial score (nSPS) is 11.8. The summed E-state index contributed by atoms with van der Waals surface area (Å²) in [5, 5.41) is 22.3. The molecule has 0 N–H and O–H groups in total. The Hall–Kier alpha value is -4.68. The highest BCUT2D eigenvalue weighted by atomic mass is 19.1. The van der Waals surface area contributed by atoms with E-state index in [2.05, 4.69) is 15.3 Å². The van der Waals surface area contributed by atoms with Crippen molar-refractivity contribution in [3.05, 3.63) is 80.9 Å². The number of ether oxygens (including phenoxy) is 1. The van der Waals surface area contributed by atoms with Gasteiger partial charge in [-0.05, 0) is 43.3 Å².